The second-order valence-corrected chi connectivity index (χ2v) is 6.02. The zero-order chi connectivity index (χ0) is 10.8. The van der Waals surface area contributed by atoms with Crippen LogP contribution in [0.5, 0.6) is 0 Å². The molecule has 92 valence electrons. The minimum Gasteiger partial charge on any atom is -0.233 e. The molecule has 2 aliphatic carbocycles. The van der Waals surface area contributed by atoms with Gasteiger partial charge in [0.25, 0.3) is 0 Å². The third kappa shape index (κ3) is 2.43. The van der Waals surface area contributed by atoms with E-state index >= 15 is 0 Å². The molecule has 1 saturated heterocycles. The van der Waals surface area contributed by atoms with Crippen LogP contribution in [0.4, 0.5) is 0 Å². The molecule has 0 amide bonds. The highest BCUT2D eigenvalue weighted by molar-refractivity contribution is 4.83. The molecule has 1 aliphatic heterocycles. The molecule has 0 aromatic carbocycles. The van der Waals surface area contributed by atoms with E-state index in [-0.39, 0.29) is 0 Å². The minimum absolute atomic E-state index is 0.413. The molecule has 0 spiro atoms. The average Bonchev–Trinajstić information content (AvgIpc) is 2.79. The van der Waals surface area contributed by atoms with Crippen molar-refractivity contribution >= 4 is 0 Å². The summed E-state index contributed by atoms with van der Waals surface area (Å²) in [6.45, 7) is 0. The lowest BCUT2D eigenvalue weighted by atomic mass is 9.79. The molecule has 1 heterocycles. The monoisotopic (exact) mass is 224 g/mol. The van der Waals surface area contributed by atoms with E-state index in [4.69, 9.17) is 9.78 Å². The van der Waals surface area contributed by atoms with Gasteiger partial charge in [-0.2, -0.15) is 0 Å². The summed E-state index contributed by atoms with van der Waals surface area (Å²) >= 11 is 0. The lowest BCUT2D eigenvalue weighted by Crippen LogP contribution is -2.25. The van der Waals surface area contributed by atoms with Gasteiger partial charge in [-0.1, -0.05) is 32.1 Å². The molecular formula is C14H24O2. The molecule has 0 N–H and O–H groups in total. The van der Waals surface area contributed by atoms with Crippen LogP contribution in [0.15, 0.2) is 0 Å². The summed E-state index contributed by atoms with van der Waals surface area (Å²) in [6.07, 6.45) is 14.6. The van der Waals surface area contributed by atoms with Crippen molar-refractivity contribution in [1.82, 2.24) is 0 Å². The molecule has 16 heavy (non-hydrogen) atoms. The van der Waals surface area contributed by atoms with E-state index in [0.717, 1.165) is 18.3 Å². The van der Waals surface area contributed by atoms with Crippen molar-refractivity contribution in [3.05, 3.63) is 0 Å². The van der Waals surface area contributed by atoms with Crippen LogP contribution < -0.4 is 0 Å². The van der Waals surface area contributed by atoms with Crippen LogP contribution >= 0.6 is 0 Å². The highest BCUT2D eigenvalue weighted by atomic mass is 17.2. The predicted octanol–water partition coefficient (Wildman–Crippen LogP) is 3.85. The molecule has 3 fully saturated rings. The Kier molecular flexibility index (Phi) is 3.49. The van der Waals surface area contributed by atoms with Gasteiger partial charge in [0, 0.05) is 6.42 Å². The van der Waals surface area contributed by atoms with Crippen LogP contribution in [0.1, 0.15) is 64.2 Å². The zero-order valence-electron chi connectivity index (χ0n) is 10.2. The summed E-state index contributed by atoms with van der Waals surface area (Å²) in [4.78, 5) is 11.0. The normalized spacial score (nSPS) is 45.0. The van der Waals surface area contributed by atoms with Crippen LogP contribution in [0.2, 0.25) is 0 Å². The smallest absolute Gasteiger partial charge is 0.0984 e. The van der Waals surface area contributed by atoms with Crippen molar-refractivity contribution in [3.8, 4) is 0 Å². The maximum atomic E-state index is 5.56. The number of fused-ring (bicyclic) bond motifs is 5. The molecule has 3 rings (SSSR count). The zero-order valence-corrected chi connectivity index (χ0v) is 10.2. The van der Waals surface area contributed by atoms with E-state index in [1.165, 1.54) is 57.8 Å². The largest absolute Gasteiger partial charge is 0.233 e. The molecule has 2 heteroatoms. The quantitative estimate of drug-likeness (QED) is 0.582. The molecule has 4 atom stereocenters. The van der Waals surface area contributed by atoms with Gasteiger partial charge in [-0.05, 0) is 37.5 Å². The summed E-state index contributed by atoms with van der Waals surface area (Å²) in [6, 6.07) is 0. The predicted molar refractivity (Wildman–Crippen MR) is 62.9 cm³/mol. The molecule has 0 aromatic rings. The van der Waals surface area contributed by atoms with Gasteiger partial charge in [0.15, 0.2) is 0 Å². The van der Waals surface area contributed by atoms with Crippen molar-refractivity contribution in [2.45, 2.75) is 76.4 Å². The Morgan fingerprint density at radius 1 is 0.688 bits per heavy atom. The fourth-order valence-corrected chi connectivity index (χ4v) is 3.80. The number of hydrogen-bond acceptors (Lipinski definition) is 2. The maximum Gasteiger partial charge on any atom is 0.0984 e. The van der Waals surface area contributed by atoms with Gasteiger partial charge in [-0.25, -0.2) is 9.78 Å². The summed E-state index contributed by atoms with van der Waals surface area (Å²) in [5.74, 6) is 1.74. The first-order chi connectivity index (χ1) is 7.92. The highest BCUT2D eigenvalue weighted by Gasteiger charge is 2.37. The van der Waals surface area contributed by atoms with E-state index in [1.807, 2.05) is 0 Å². The van der Waals surface area contributed by atoms with Crippen molar-refractivity contribution in [2.24, 2.45) is 11.8 Å². The topological polar surface area (TPSA) is 18.5 Å². The SMILES string of the molecule is C1CCCC2CC(CC1)CCC1CC2OO1. The fraction of sp³-hybridized carbons (Fsp3) is 1.00. The molecule has 0 aromatic heterocycles. The standard InChI is InChI=1S/C14H24O2/c1-2-4-6-12-9-11(5-3-1)7-8-13-10-14(12)16-15-13/h11-14H,1-10H2. The van der Waals surface area contributed by atoms with Gasteiger partial charge < -0.3 is 0 Å². The van der Waals surface area contributed by atoms with Crippen molar-refractivity contribution in [1.29, 1.82) is 0 Å². The molecule has 3 aliphatic rings. The molecule has 2 saturated carbocycles. The Morgan fingerprint density at radius 2 is 1.56 bits per heavy atom. The fourth-order valence-electron chi connectivity index (χ4n) is 3.80. The van der Waals surface area contributed by atoms with Gasteiger partial charge in [0.2, 0.25) is 0 Å². The van der Waals surface area contributed by atoms with Gasteiger partial charge in [-0.3, -0.25) is 0 Å². The molecule has 2 nitrogen and oxygen atoms in total. The van der Waals surface area contributed by atoms with Crippen LogP contribution in [0, 0.1) is 11.8 Å². The first kappa shape index (κ1) is 11.0. The molecule has 0 radical (unpaired) electrons. The number of rotatable bonds is 0. The van der Waals surface area contributed by atoms with Crippen molar-refractivity contribution < 1.29 is 9.78 Å². The van der Waals surface area contributed by atoms with Crippen LogP contribution in [0.25, 0.3) is 0 Å². The number of hydrogen-bond donors (Lipinski definition) is 0. The lowest BCUT2D eigenvalue weighted by Gasteiger charge is -2.27. The Morgan fingerprint density at radius 3 is 2.50 bits per heavy atom. The van der Waals surface area contributed by atoms with E-state index in [2.05, 4.69) is 0 Å². The molecular weight excluding hydrogens is 200 g/mol. The van der Waals surface area contributed by atoms with Crippen molar-refractivity contribution in [2.75, 3.05) is 0 Å². The van der Waals surface area contributed by atoms with Crippen molar-refractivity contribution in [3.63, 3.8) is 0 Å². The first-order valence-electron chi connectivity index (χ1n) is 7.24. The Balaban J connectivity index is 1.71. The molecule has 4 unspecified atom stereocenters. The Hall–Kier alpha value is -0.0800. The summed E-state index contributed by atoms with van der Waals surface area (Å²) < 4.78 is 0. The summed E-state index contributed by atoms with van der Waals surface area (Å²) in [7, 11) is 0. The lowest BCUT2D eigenvalue weighted by molar-refractivity contribution is -0.303. The maximum absolute atomic E-state index is 5.56. The van der Waals surface area contributed by atoms with E-state index in [0.29, 0.717) is 12.2 Å². The van der Waals surface area contributed by atoms with Crippen LogP contribution in [0.3, 0.4) is 0 Å². The Labute approximate surface area is 98.6 Å². The van der Waals surface area contributed by atoms with Crippen LogP contribution in [-0.4, -0.2) is 12.2 Å². The van der Waals surface area contributed by atoms with Gasteiger partial charge >= 0.3 is 0 Å². The minimum atomic E-state index is 0.413. The third-order valence-electron chi connectivity index (χ3n) is 4.81. The summed E-state index contributed by atoms with van der Waals surface area (Å²) in [5.41, 5.74) is 0. The van der Waals surface area contributed by atoms with Gasteiger partial charge in [0.1, 0.15) is 0 Å². The third-order valence-corrected chi connectivity index (χ3v) is 4.81. The second-order valence-electron chi connectivity index (χ2n) is 6.02. The first-order valence-corrected chi connectivity index (χ1v) is 7.24. The van der Waals surface area contributed by atoms with E-state index in [1.54, 1.807) is 0 Å². The van der Waals surface area contributed by atoms with Crippen LogP contribution in [-0.2, 0) is 9.78 Å². The van der Waals surface area contributed by atoms with Gasteiger partial charge in [0.05, 0.1) is 12.2 Å². The molecule has 4 bridgehead atoms. The van der Waals surface area contributed by atoms with Gasteiger partial charge in [-0.15, -0.1) is 0 Å². The van der Waals surface area contributed by atoms with E-state index < -0.39 is 0 Å². The summed E-state index contributed by atoms with van der Waals surface area (Å²) in [5, 5.41) is 0. The second kappa shape index (κ2) is 5.05. The average molecular weight is 224 g/mol. The van der Waals surface area contributed by atoms with E-state index in [9.17, 15) is 0 Å². The Bertz CT molecular complexity index is 229. The highest BCUT2D eigenvalue weighted by Crippen LogP contribution is 2.39.